The molecule has 2 aromatic heterocycles. The van der Waals surface area contributed by atoms with Crippen LogP contribution in [0.2, 0.25) is 0 Å². The van der Waals surface area contributed by atoms with E-state index in [1.807, 2.05) is 55.5 Å². The third-order valence-electron chi connectivity index (χ3n) is 5.74. The van der Waals surface area contributed by atoms with Crippen molar-refractivity contribution in [3.63, 3.8) is 0 Å². The van der Waals surface area contributed by atoms with Crippen LogP contribution >= 0.6 is 11.8 Å². The molecule has 8 nitrogen and oxygen atoms in total. The first-order valence-corrected chi connectivity index (χ1v) is 12.1. The number of carbonyl (C=O) groups is 1. The number of aryl methyl sites for hydroxylation is 1. The second-order valence-corrected chi connectivity index (χ2v) is 8.99. The highest BCUT2D eigenvalue weighted by Gasteiger charge is 2.23. The number of aromatic nitrogens is 4. The number of aromatic amines is 1. The fraction of sp³-hybridized carbons (Fsp3) is 0.111. The van der Waals surface area contributed by atoms with Crippen LogP contribution in [0.15, 0.2) is 88.5 Å². The maximum atomic E-state index is 13.5. The van der Waals surface area contributed by atoms with Crippen molar-refractivity contribution in [2.45, 2.75) is 12.1 Å². The zero-order valence-corrected chi connectivity index (χ0v) is 20.4. The number of nitrogens with zero attached hydrogens (tertiary/aromatic N) is 3. The Kier molecular flexibility index (Phi) is 6.30. The van der Waals surface area contributed by atoms with Gasteiger partial charge in [0, 0.05) is 0 Å². The number of benzene rings is 3. The number of hydrogen-bond acceptors (Lipinski definition) is 7. The number of rotatable bonds is 6. The number of aliphatic hydroxyl groups is 1. The largest absolute Gasteiger partial charge is 0.510 e. The number of para-hydroxylation sites is 4. The van der Waals surface area contributed by atoms with Gasteiger partial charge in [-0.15, -0.1) is 0 Å². The predicted molar refractivity (Wildman–Crippen MR) is 140 cm³/mol. The Morgan fingerprint density at radius 3 is 2.44 bits per heavy atom. The van der Waals surface area contributed by atoms with E-state index in [0.29, 0.717) is 27.3 Å². The average molecular weight is 499 g/mol. The Morgan fingerprint density at radius 2 is 1.69 bits per heavy atom. The summed E-state index contributed by atoms with van der Waals surface area (Å²) >= 11 is 1.14. The molecule has 0 atom stereocenters. The molecule has 0 saturated carbocycles. The lowest BCUT2D eigenvalue weighted by molar-refractivity contribution is -0.133. The minimum atomic E-state index is -0.727. The van der Waals surface area contributed by atoms with Crippen LogP contribution in [0, 0.1) is 6.92 Å². The van der Waals surface area contributed by atoms with Crippen LogP contribution in [0.4, 0.5) is 0 Å². The second-order valence-electron chi connectivity index (χ2n) is 8.04. The predicted octanol–water partition coefficient (Wildman–Crippen LogP) is 4.80. The Morgan fingerprint density at radius 1 is 1.00 bits per heavy atom. The van der Waals surface area contributed by atoms with E-state index in [9.17, 15) is 14.7 Å². The van der Waals surface area contributed by atoms with Crippen molar-refractivity contribution in [2.75, 3.05) is 12.9 Å². The molecular formula is C27H22N4O4S. The van der Waals surface area contributed by atoms with Gasteiger partial charge in [0.25, 0.3) is 5.56 Å². The van der Waals surface area contributed by atoms with Crippen molar-refractivity contribution >= 4 is 45.2 Å². The molecule has 36 heavy (non-hydrogen) atoms. The number of imidazole rings is 1. The molecule has 0 fully saturated rings. The topological polar surface area (TPSA) is 110 Å². The van der Waals surface area contributed by atoms with Gasteiger partial charge in [-0.05, 0) is 42.8 Å². The van der Waals surface area contributed by atoms with Gasteiger partial charge in [0.15, 0.2) is 5.16 Å². The molecular weight excluding hydrogens is 476 g/mol. The van der Waals surface area contributed by atoms with Gasteiger partial charge in [-0.25, -0.2) is 14.8 Å². The third kappa shape index (κ3) is 4.25. The minimum Gasteiger partial charge on any atom is -0.510 e. The van der Waals surface area contributed by atoms with Crippen LogP contribution in [0.1, 0.15) is 11.4 Å². The van der Waals surface area contributed by atoms with Crippen molar-refractivity contribution in [1.82, 2.24) is 19.5 Å². The summed E-state index contributed by atoms with van der Waals surface area (Å²) in [6.45, 7) is 1.92. The van der Waals surface area contributed by atoms with Crippen LogP contribution in [-0.2, 0) is 9.53 Å². The normalized spacial score (nSPS) is 12.1. The Bertz CT molecular complexity index is 1670. The molecule has 0 bridgehead atoms. The van der Waals surface area contributed by atoms with Gasteiger partial charge in [-0.3, -0.25) is 9.36 Å². The van der Waals surface area contributed by atoms with Crippen LogP contribution in [0.3, 0.4) is 0 Å². The van der Waals surface area contributed by atoms with E-state index in [2.05, 4.69) is 9.97 Å². The first-order chi connectivity index (χ1) is 17.5. The van der Waals surface area contributed by atoms with Crippen molar-refractivity contribution < 1.29 is 14.6 Å². The van der Waals surface area contributed by atoms with E-state index < -0.39 is 5.97 Å². The minimum absolute atomic E-state index is 0.0435. The van der Waals surface area contributed by atoms with Crippen LogP contribution in [0.25, 0.3) is 33.2 Å². The Balaban J connectivity index is 1.61. The number of thioether (sulfide) groups is 1. The fourth-order valence-electron chi connectivity index (χ4n) is 3.97. The molecule has 9 heteroatoms. The molecule has 0 amide bonds. The maximum Gasteiger partial charge on any atom is 0.345 e. The van der Waals surface area contributed by atoms with Crippen molar-refractivity contribution in [3.05, 3.63) is 100 Å². The summed E-state index contributed by atoms with van der Waals surface area (Å²) in [7, 11) is 1.24. The quantitative estimate of drug-likeness (QED) is 0.114. The number of esters is 1. The summed E-state index contributed by atoms with van der Waals surface area (Å²) in [5, 5.41) is 11.9. The lowest BCUT2D eigenvalue weighted by Gasteiger charge is -2.15. The molecule has 0 saturated heterocycles. The van der Waals surface area contributed by atoms with Crippen molar-refractivity contribution in [3.8, 4) is 5.69 Å². The lowest BCUT2D eigenvalue weighted by atomic mass is 10.2. The Hall–Kier alpha value is -4.37. The Labute approximate surface area is 210 Å². The van der Waals surface area contributed by atoms with Crippen molar-refractivity contribution in [2.24, 2.45) is 0 Å². The van der Waals surface area contributed by atoms with Crippen LogP contribution < -0.4 is 5.56 Å². The number of ether oxygens (including phenoxy) is 1. The van der Waals surface area contributed by atoms with Gasteiger partial charge in [0.1, 0.15) is 17.2 Å². The number of methoxy groups -OCH3 is 1. The monoisotopic (exact) mass is 498 g/mol. The van der Waals surface area contributed by atoms with Gasteiger partial charge in [0.05, 0.1) is 40.5 Å². The fourth-order valence-corrected chi connectivity index (χ4v) is 4.85. The first-order valence-electron chi connectivity index (χ1n) is 11.1. The second kappa shape index (κ2) is 9.71. The third-order valence-corrected chi connectivity index (χ3v) is 6.69. The number of hydrogen-bond donors (Lipinski definition) is 2. The molecule has 2 heterocycles. The van der Waals surface area contributed by atoms with E-state index in [1.54, 1.807) is 24.3 Å². The summed E-state index contributed by atoms with van der Waals surface area (Å²) in [6, 6.07) is 21.9. The van der Waals surface area contributed by atoms with E-state index >= 15 is 0 Å². The molecule has 0 unspecified atom stereocenters. The zero-order chi connectivity index (χ0) is 25.2. The van der Waals surface area contributed by atoms with E-state index in [0.717, 1.165) is 22.8 Å². The number of H-pyrrole nitrogens is 1. The standard InChI is InChI=1S/C27H22N4O4S/c1-16-9-3-8-14-21(16)31-25(33)17-10-4-5-11-18(17)30-27(31)36-15-22(32)23(26(34)35-2)24-28-19-12-6-7-13-20(19)29-24/h3-14,32H,15H2,1-2H3,(H,28,29). The molecule has 5 aromatic rings. The van der Waals surface area contributed by atoms with E-state index in [-0.39, 0.29) is 28.5 Å². The van der Waals surface area contributed by atoms with Crippen LogP contribution in [0.5, 0.6) is 0 Å². The molecule has 0 aliphatic rings. The molecule has 0 aliphatic heterocycles. The summed E-state index contributed by atoms with van der Waals surface area (Å²) in [4.78, 5) is 38.3. The van der Waals surface area contributed by atoms with Gasteiger partial charge < -0.3 is 14.8 Å². The van der Waals surface area contributed by atoms with Crippen molar-refractivity contribution in [1.29, 1.82) is 0 Å². The van der Waals surface area contributed by atoms with Gasteiger partial charge in [-0.2, -0.15) is 0 Å². The number of nitrogens with one attached hydrogen (secondary N) is 1. The molecule has 3 aromatic carbocycles. The molecule has 0 spiro atoms. The number of fused-ring (bicyclic) bond motifs is 2. The zero-order valence-electron chi connectivity index (χ0n) is 19.6. The SMILES string of the molecule is COC(=O)C(=C(O)CSc1nc2ccccc2c(=O)n1-c1ccccc1C)c1nc2ccccc2[nH]1. The number of carbonyl (C=O) groups excluding carboxylic acids is 1. The molecule has 5 rings (SSSR count). The highest BCUT2D eigenvalue weighted by atomic mass is 32.2. The summed E-state index contributed by atoms with van der Waals surface area (Å²) < 4.78 is 6.46. The highest BCUT2D eigenvalue weighted by Crippen LogP contribution is 2.27. The lowest BCUT2D eigenvalue weighted by Crippen LogP contribution is -2.22. The summed E-state index contributed by atoms with van der Waals surface area (Å²) in [5.41, 5.74) is 3.22. The van der Waals surface area contributed by atoms with E-state index in [4.69, 9.17) is 9.72 Å². The summed E-state index contributed by atoms with van der Waals surface area (Å²) in [5.74, 6) is -0.818. The van der Waals surface area contributed by atoms with Gasteiger partial charge >= 0.3 is 5.97 Å². The van der Waals surface area contributed by atoms with Crippen LogP contribution in [-0.4, -0.2) is 43.5 Å². The smallest absolute Gasteiger partial charge is 0.345 e. The molecule has 0 aliphatic carbocycles. The summed E-state index contributed by atoms with van der Waals surface area (Å²) in [6.07, 6.45) is 0. The van der Waals surface area contributed by atoms with Gasteiger partial charge in [0.2, 0.25) is 0 Å². The molecule has 180 valence electrons. The highest BCUT2D eigenvalue weighted by molar-refractivity contribution is 7.99. The average Bonchev–Trinajstić information content (AvgIpc) is 3.32. The first kappa shape index (κ1) is 23.4. The number of aliphatic hydroxyl groups excluding tert-OH is 1. The molecule has 2 N–H and O–H groups in total. The van der Waals surface area contributed by atoms with E-state index in [1.165, 1.54) is 11.7 Å². The maximum absolute atomic E-state index is 13.5. The molecule has 0 radical (unpaired) electrons. The van der Waals surface area contributed by atoms with Gasteiger partial charge in [-0.1, -0.05) is 54.2 Å².